The van der Waals surface area contributed by atoms with Crippen molar-refractivity contribution in [1.82, 2.24) is 20.9 Å². The average Bonchev–Trinajstić information content (AvgIpc) is 3.31. The van der Waals surface area contributed by atoms with Crippen LogP contribution in [0.4, 0.5) is 0 Å². The summed E-state index contributed by atoms with van der Waals surface area (Å²) in [7, 11) is 0. The molecule has 1 saturated carbocycles. The molecule has 0 aromatic heterocycles. The zero-order valence-corrected chi connectivity index (χ0v) is 14.5. The summed E-state index contributed by atoms with van der Waals surface area (Å²) in [6.45, 7) is 2.34. The molecule has 4 fully saturated rings. The Labute approximate surface area is 151 Å². The van der Waals surface area contributed by atoms with Crippen molar-refractivity contribution in [3.05, 3.63) is 34.9 Å². The molecule has 6 rings (SSSR count). The topological polar surface area (TPSA) is 90.5 Å². The molecule has 3 saturated heterocycles. The van der Waals surface area contributed by atoms with Gasteiger partial charge in [0.25, 0.3) is 5.91 Å². The van der Waals surface area contributed by atoms with E-state index in [1.807, 2.05) is 12.1 Å². The van der Waals surface area contributed by atoms with E-state index in [0.717, 1.165) is 30.1 Å². The number of hydrogen-bond donors (Lipinski definition) is 3. The number of amides is 3. The number of carbonyl (C=O) groups excluding carboxylic acids is 3. The van der Waals surface area contributed by atoms with E-state index >= 15 is 0 Å². The Hall–Kier alpha value is -2.25. The van der Waals surface area contributed by atoms with Crippen LogP contribution in [-0.4, -0.2) is 47.3 Å². The van der Waals surface area contributed by atoms with Crippen molar-refractivity contribution in [1.29, 1.82) is 0 Å². The molecule has 1 aromatic carbocycles. The summed E-state index contributed by atoms with van der Waals surface area (Å²) in [6.07, 6.45) is 1.96. The van der Waals surface area contributed by atoms with E-state index in [0.29, 0.717) is 30.6 Å². The SMILES string of the molecule is O=C1CCC(N2Cc3cc(CNC4C5CNC4C5)ccc3C2=O)C(=O)N1. The number of fused-ring (bicyclic) bond motifs is 2. The van der Waals surface area contributed by atoms with Crippen LogP contribution in [0.3, 0.4) is 0 Å². The Bertz CT molecular complexity index is 794. The van der Waals surface area contributed by atoms with E-state index in [9.17, 15) is 14.4 Å². The van der Waals surface area contributed by atoms with E-state index in [1.54, 1.807) is 4.90 Å². The molecule has 3 amide bonds. The summed E-state index contributed by atoms with van der Waals surface area (Å²) in [4.78, 5) is 37.7. The molecule has 4 unspecified atom stereocenters. The van der Waals surface area contributed by atoms with Gasteiger partial charge in [0, 0.05) is 37.2 Å². The molecule has 0 spiro atoms. The first kappa shape index (κ1) is 16.0. The van der Waals surface area contributed by atoms with Gasteiger partial charge in [-0.3, -0.25) is 19.7 Å². The molecule has 2 bridgehead atoms. The number of nitrogens with one attached hydrogen (secondary N) is 3. The van der Waals surface area contributed by atoms with Crippen molar-refractivity contribution < 1.29 is 14.4 Å². The van der Waals surface area contributed by atoms with E-state index in [-0.39, 0.29) is 24.1 Å². The highest BCUT2D eigenvalue weighted by Gasteiger charge is 2.46. The third kappa shape index (κ3) is 2.46. The Kier molecular flexibility index (Phi) is 3.62. The summed E-state index contributed by atoms with van der Waals surface area (Å²) in [5.41, 5.74) is 2.80. The van der Waals surface area contributed by atoms with Crippen molar-refractivity contribution in [3.63, 3.8) is 0 Å². The highest BCUT2D eigenvalue weighted by atomic mass is 16.2. The molecule has 1 aliphatic carbocycles. The third-order valence-corrected chi connectivity index (χ3v) is 6.27. The predicted octanol–water partition coefficient (Wildman–Crippen LogP) is -0.102. The zero-order chi connectivity index (χ0) is 17.8. The third-order valence-electron chi connectivity index (χ3n) is 6.27. The normalized spacial score (nSPS) is 32.5. The van der Waals surface area contributed by atoms with Crippen molar-refractivity contribution in [2.24, 2.45) is 5.92 Å². The van der Waals surface area contributed by atoms with Crippen molar-refractivity contribution in [2.45, 2.75) is 50.5 Å². The van der Waals surface area contributed by atoms with Crippen LogP contribution in [0.1, 0.15) is 40.7 Å². The van der Waals surface area contributed by atoms with Gasteiger partial charge in [-0.2, -0.15) is 0 Å². The van der Waals surface area contributed by atoms with Gasteiger partial charge >= 0.3 is 0 Å². The van der Waals surface area contributed by atoms with Gasteiger partial charge in [0.2, 0.25) is 11.8 Å². The minimum Gasteiger partial charge on any atom is -0.322 e. The maximum Gasteiger partial charge on any atom is 0.255 e. The molecule has 7 heteroatoms. The molecule has 3 N–H and O–H groups in total. The van der Waals surface area contributed by atoms with E-state index in [2.05, 4.69) is 22.0 Å². The van der Waals surface area contributed by atoms with Gasteiger partial charge in [0.15, 0.2) is 0 Å². The quantitative estimate of drug-likeness (QED) is 0.657. The molecule has 1 aromatic rings. The standard InChI is InChI=1S/C19H22N4O3/c24-16-4-3-15(18(25)22-16)23-9-12-5-10(1-2-13(12)19(23)26)7-21-17-11-6-14(17)20-8-11/h1-2,5,11,14-15,17,20-21H,3-4,6-9H2,(H,22,24,25). The van der Waals surface area contributed by atoms with Crippen LogP contribution in [0.25, 0.3) is 0 Å². The summed E-state index contributed by atoms with van der Waals surface area (Å²) in [6, 6.07) is 6.55. The first-order chi connectivity index (χ1) is 12.6. The minimum atomic E-state index is -0.550. The first-order valence-electron chi connectivity index (χ1n) is 9.33. The molecular weight excluding hydrogens is 332 g/mol. The summed E-state index contributed by atoms with van der Waals surface area (Å²) < 4.78 is 0. The van der Waals surface area contributed by atoms with E-state index in [4.69, 9.17) is 0 Å². The molecule has 136 valence electrons. The summed E-state index contributed by atoms with van der Waals surface area (Å²) >= 11 is 0. The lowest BCUT2D eigenvalue weighted by molar-refractivity contribution is -0.136. The van der Waals surface area contributed by atoms with Gasteiger partial charge < -0.3 is 15.5 Å². The lowest BCUT2D eigenvalue weighted by Gasteiger charge is -2.35. The second kappa shape index (κ2) is 5.89. The molecule has 26 heavy (non-hydrogen) atoms. The number of rotatable bonds is 4. The van der Waals surface area contributed by atoms with Crippen LogP contribution in [-0.2, 0) is 22.7 Å². The zero-order valence-electron chi connectivity index (χ0n) is 14.5. The Morgan fingerprint density at radius 2 is 2.12 bits per heavy atom. The van der Waals surface area contributed by atoms with E-state index in [1.165, 1.54) is 6.42 Å². The maximum absolute atomic E-state index is 12.7. The molecule has 4 heterocycles. The van der Waals surface area contributed by atoms with Gasteiger partial charge in [-0.1, -0.05) is 12.1 Å². The second-order valence-electron chi connectivity index (χ2n) is 7.81. The fraction of sp³-hybridized carbons (Fsp3) is 0.526. The Balaban J connectivity index is 1.28. The lowest BCUT2D eigenvalue weighted by atomic mass is 9.80. The summed E-state index contributed by atoms with van der Waals surface area (Å²) in [5, 5.41) is 9.46. The molecule has 0 radical (unpaired) electrons. The highest BCUT2D eigenvalue weighted by Crippen LogP contribution is 2.34. The number of benzene rings is 1. The van der Waals surface area contributed by atoms with Gasteiger partial charge in [0.1, 0.15) is 6.04 Å². The van der Waals surface area contributed by atoms with Gasteiger partial charge in [-0.25, -0.2) is 0 Å². The largest absolute Gasteiger partial charge is 0.322 e. The second-order valence-corrected chi connectivity index (χ2v) is 7.81. The van der Waals surface area contributed by atoms with Crippen LogP contribution in [0.2, 0.25) is 0 Å². The molecule has 5 aliphatic rings. The molecule has 4 atom stereocenters. The van der Waals surface area contributed by atoms with Crippen molar-refractivity contribution >= 4 is 17.7 Å². The van der Waals surface area contributed by atoms with Gasteiger partial charge in [0.05, 0.1) is 0 Å². The average molecular weight is 354 g/mol. The first-order valence-corrected chi connectivity index (χ1v) is 9.33. The number of hydrogen-bond acceptors (Lipinski definition) is 5. The minimum absolute atomic E-state index is 0.116. The van der Waals surface area contributed by atoms with E-state index < -0.39 is 6.04 Å². The van der Waals surface area contributed by atoms with Crippen LogP contribution in [0.15, 0.2) is 18.2 Å². The molecular formula is C19H22N4O3. The van der Waals surface area contributed by atoms with Gasteiger partial charge in [-0.15, -0.1) is 0 Å². The van der Waals surface area contributed by atoms with Crippen LogP contribution in [0, 0.1) is 5.92 Å². The van der Waals surface area contributed by atoms with Crippen LogP contribution >= 0.6 is 0 Å². The maximum atomic E-state index is 12.7. The molecule has 4 aliphatic heterocycles. The molecule has 7 nitrogen and oxygen atoms in total. The number of carbonyl (C=O) groups is 3. The van der Waals surface area contributed by atoms with Crippen LogP contribution < -0.4 is 16.0 Å². The number of imide groups is 1. The number of nitrogens with zero attached hydrogens (tertiary/aromatic N) is 1. The Morgan fingerprint density at radius 1 is 1.23 bits per heavy atom. The highest BCUT2D eigenvalue weighted by molar-refractivity contribution is 6.05. The monoisotopic (exact) mass is 354 g/mol. The van der Waals surface area contributed by atoms with Crippen molar-refractivity contribution in [2.75, 3.05) is 6.54 Å². The lowest BCUT2D eigenvalue weighted by Crippen LogP contribution is -2.52. The van der Waals surface area contributed by atoms with Crippen molar-refractivity contribution in [3.8, 4) is 0 Å². The summed E-state index contributed by atoms with van der Waals surface area (Å²) in [5.74, 6) is 0.00902. The van der Waals surface area contributed by atoms with Crippen LogP contribution in [0.5, 0.6) is 0 Å². The fourth-order valence-electron chi connectivity index (χ4n) is 4.76. The number of piperidine rings is 1. The van der Waals surface area contributed by atoms with Gasteiger partial charge in [-0.05, 0) is 42.5 Å². The smallest absolute Gasteiger partial charge is 0.255 e. The predicted molar refractivity (Wildman–Crippen MR) is 93.0 cm³/mol. The fourth-order valence-corrected chi connectivity index (χ4v) is 4.76. The Morgan fingerprint density at radius 3 is 2.85 bits per heavy atom.